The Bertz CT molecular complexity index is 585. The predicted octanol–water partition coefficient (Wildman–Crippen LogP) is 7.61. The number of hydrogen-bond acceptors (Lipinski definition) is 1. The number of hydrogen-bond donors (Lipinski definition) is 0. The lowest BCUT2D eigenvalue weighted by atomic mass is 9.75. The summed E-state index contributed by atoms with van der Waals surface area (Å²) in [5.74, 6) is -1.39. The van der Waals surface area contributed by atoms with Crippen LogP contribution in [-0.2, 0) is 0 Å². The van der Waals surface area contributed by atoms with Crippen LogP contribution >= 0.6 is 22.6 Å². The van der Waals surface area contributed by atoms with Gasteiger partial charge in [0, 0.05) is 3.92 Å². The zero-order valence-corrected chi connectivity index (χ0v) is 17.6. The van der Waals surface area contributed by atoms with Crippen LogP contribution in [0.2, 0.25) is 0 Å². The maximum atomic E-state index is 14.0. The third-order valence-corrected chi connectivity index (χ3v) is 7.55. The van der Waals surface area contributed by atoms with E-state index in [1.807, 2.05) is 0 Å². The van der Waals surface area contributed by atoms with Crippen molar-refractivity contribution in [2.75, 3.05) is 0 Å². The molecule has 0 aliphatic heterocycles. The highest BCUT2D eigenvalue weighted by atomic mass is 127. The first-order valence-corrected chi connectivity index (χ1v) is 11.2. The number of benzene rings is 1. The summed E-state index contributed by atoms with van der Waals surface area (Å²) in [6, 6.07) is 2.32. The molecule has 2 saturated carbocycles. The molecule has 2 aliphatic carbocycles. The van der Waals surface area contributed by atoms with E-state index in [2.05, 4.69) is 27.3 Å². The monoisotopic (exact) mass is 498 g/mol. The van der Waals surface area contributed by atoms with Crippen molar-refractivity contribution in [2.24, 2.45) is 11.8 Å². The Balaban J connectivity index is 1.49. The highest BCUT2D eigenvalue weighted by molar-refractivity contribution is 14.1. The first kappa shape index (κ1) is 21.2. The second kappa shape index (κ2) is 9.79. The standard InChI is InChI=1S/C21H27F4IO/c22-18-11-16(12-19(23)20(18)27-21(24)25)15-7-3-13(4-8-15)1-2-14-5-9-17(26)10-6-14/h11-15,17,21H,1-10H2. The van der Waals surface area contributed by atoms with Gasteiger partial charge in [-0.25, -0.2) is 8.78 Å². The van der Waals surface area contributed by atoms with Gasteiger partial charge in [0.25, 0.3) is 0 Å². The molecule has 0 unspecified atom stereocenters. The zero-order chi connectivity index (χ0) is 19.4. The van der Waals surface area contributed by atoms with Gasteiger partial charge in [0.2, 0.25) is 0 Å². The van der Waals surface area contributed by atoms with Gasteiger partial charge in [-0.3, -0.25) is 0 Å². The Morgan fingerprint density at radius 2 is 1.33 bits per heavy atom. The van der Waals surface area contributed by atoms with Crippen molar-refractivity contribution < 1.29 is 22.3 Å². The van der Waals surface area contributed by atoms with Crippen molar-refractivity contribution in [2.45, 2.75) is 80.7 Å². The Hall–Kier alpha value is -0.530. The molecular weight excluding hydrogens is 471 g/mol. The van der Waals surface area contributed by atoms with E-state index in [4.69, 9.17) is 0 Å². The minimum absolute atomic E-state index is 0.0975. The predicted molar refractivity (Wildman–Crippen MR) is 107 cm³/mol. The summed E-state index contributed by atoms with van der Waals surface area (Å²) in [7, 11) is 0. The topological polar surface area (TPSA) is 9.23 Å². The van der Waals surface area contributed by atoms with Crippen LogP contribution < -0.4 is 4.74 Å². The molecule has 1 nitrogen and oxygen atoms in total. The van der Waals surface area contributed by atoms with Gasteiger partial charge >= 0.3 is 6.61 Å². The molecular formula is C21H27F4IO. The number of rotatable bonds is 6. The summed E-state index contributed by atoms with van der Waals surface area (Å²) in [4.78, 5) is 0. The van der Waals surface area contributed by atoms with E-state index in [1.165, 1.54) is 38.5 Å². The fourth-order valence-corrected chi connectivity index (χ4v) is 5.40. The third-order valence-electron chi connectivity index (χ3n) is 6.31. The molecule has 3 rings (SSSR count). The lowest BCUT2D eigenvalue weighted by Gasteiger charge is -2.31. The van der Waals surface area contributed by atoms with Crippen LogP contribution in [0, 0.1) is 23.5 Å². The normalized spacial score (nSPS) is 29.1. The first-order valence-electron chi connectivity index (χ1n) is 10.00. The molecule has 0 N–H and O–H groups in total. The van der Waals surface area contributed by atoms with Gasteiger partial charge in [-0.1, -0.05) is 35.4 Å². The van der Waals surface area contributed by atoms with Gasteiger partial charge in [-0.15, -0.1) is 0 Å². The molecule has 1 aromatic rings. The van der Waals surface area contributed by atoms with Crippen molar-refractivity contribution in [3.05, 3.63) is 29.3 Å². The van der Waals surface area contributed by atoms with Crippen LogP contribution in [-0.4, -0.2) is 10.5 Å². The second-order valence-corrected chi connectivity index (χ2v) is 9.87. The molecule has 0 spiro atoms. The summed E-state index contributed by atoms with van der Waals surface area (Å²) in [6.45, 7) is -3.23. The molecule has 0 aromatic heterocycles. The SMILES string of the molecule is Fc1cc(C2CCC(CCC3CCC(I)CC3)CC2)cc(F)c1OC(F)F. The van der Waals surface area contributed by atoms with Crippen molar-refractivity contribution in [3.8, 4) is 5.75 Å². The molecule has 27 heavy (non-hydrogen) atoms. The van der Waals surface area contributed by atoms with E-state index >= 15 is 0 Å². The Labute approximate surface area is 172 Å². The fourth-order valence-electron chi connectivity index (χ4n) is 4.68. The minimum Gasteiger partial charge on any atom is -0.429 e. The van der Waals surface area contributed by atoms with E-state index in [9.17, 15) is 17.6 Å². The van der Waals surface area contributed by atoms with Crippen LogP contribution in [0.3, 0.4) is 0 Å². The summed E-state index contributed by atoms with van der Waals surface area (Å²) >= 11 is 2.56. The molecule has 6 heteroatoms. The molecule has 0 heterocycles. The third kappa shape index (κ3) is 5.97. The quantitative estimate of drug-likeness (QED) is 0.223. The van der Waals surface area contributed by atoms with Gasteiger partial charge in [0.05, 0.1) is 0 Å². The van der Waals surface area contributed by atoms with E-state index in [1.54, 1.807) is 0 Å². The number of alkyl halides is 3. The van der Waals surface area contributed by atoms with Crippen LogP contribution in [0.4, 0.5) is 17.6 Å². The van der Waals surface area contributed by atoms with Gasteiger partial charge in [-0.05, 0) is 86.8 Å². The Morgan fingerprint density at radius 3 is 1.81 bits per heavy atom. The Morgan fingerprint density at radius 1 is 0.852 bits per heavy atom. The molecule has 1 aromatic carbocycles. The van der Waals surface area contributed by atoms with Crippen molar-refractivity contribution in [3.63, 3.8) is 0 Å². The maximum Gasteiger partial charge on any atom is 0.387 e. The smallest absolute Gasteiger partial charge is 0.387 e. The van der Waals surface area contributed by atoms with Crippen LogP contribution in [0.1, 0.15) is 75.7 Å². The van der Waals surface area contributed by atoms with E-state index in [0.717, 1.165) is 47.7 Å². The molecule has 0 amide bonds. The summed E-state index contributed by atoms with van der Waals surface area (Å²) in [6.07, 6.45) is 11.9. The molecule has 0 saturated heterocycles. The van der Waals surface area contributed by atoms with Crippen LogP contribution in [0.5, 0.6) is 5.75 Å². The highest BCUT2D eigenvalue weighted by Gasteiger charge is 2.26. The summed E-state index contributed by atoms with van der Waals surface area (Å²) in [5.41, 5.74) is 0.561. The Kier molecular flexibility index (Phi) is 7.68. The molecule has 2 aliphatic rings. The van der Waals surface area contributed by atoms with Crippen molar-refractivity contribution in [1.82, 2.24) is 0 Å². The molecule has 2 fully saturated rings. The van der Waals surface area contributed by atoms with Gasteiger partial charge in [0.15, 0.2) is 17.4 Å². The van der Waals surface area contributed by atoms with Gasteiger partial charge in [-0.2, -0.15) is 8.78 Å². The number of ether oxygens (including phenoxy) is 1. The summed E-state index contributed by atoms with van der Waals surface area (Å²) < 4.78 is 57.2. The van der Waals surface area contributed by atoms with Crippen LogP contribution in [0.15, 0.2) is 12.1 Å². The molecule has 0 atom stereocenters. The molecule has 0 radical (unpaired) electrons. The van der Waals surface area contributed by atoms with Crippen molar-refractivity contribution in [1.29, 1.82) is 0 Å². The molecule has 152 valence electrons. The van der Waals surface area contributed by atoms with E-state index in [0.29, 0.717) is 11.5 Å². The average molecular weight is 498 g/mol. The number of halogens is 5. The van der Waals surface area contributed by atoms with Gasteiger partial charge < -0.3 is 4.74 Å². The van der Waals surface area contributed by atoms with Crippen LogP contribution in [0.25, 0.3) is 0 Å². The lowest BCUT2D eigenvalue weighted by Crippen LogP contribution is -2.17. The lowest BCUT2D eigenvalue weighted by molar-refractivity contribution is -0.0546. The highest BCUT2D eigenvalue weighted by Crippen LogP contribution is 2.41. The van der Waals surface area contributed by atoms with Gasteiger partial charge in [0.1, 0.15) is 0 Å². The van der Waals surface area contributed by atoms with E-state index < -0.39 is 24.0 Å². The average Bonchev–Trinajstić information content (AvgIpc) is 2.64. The first-order chi connectivity index (χ1) is 12.9. The largest absolute Gasteiger partial charge is 0.429 e. The minimum atomic E-state index is -3.23. The maximum absolute atomic E-state index is 14.0. The van der Waals surface area contributed by atoms with E-state index in [-0.39, 0.29) is 5.92 Å². The fraction of sp³-hybridized carbons (Fsp3) is 0.714. The van der Waals surface area contributed by atoms with Crippen molar-refractivity contribution >= 4 is 22.6 Å². The zero-order valence-electron chi connectivity index (χ0n) is 15.4. The summed E-state index contributed by atoms with van der Waals surface area (Å²) in [5, 5.41) is 0. The second-order valence-electron chi connectivity index (χ2n) is 8.11. The molecule has 0 bridgehead atoms.